The fourth-order valence-corrected chi connectivity index (χ4v) is 11.4. The number of nitrogens with zero attached hydrogens (tertiary/aromatic N) is 5. The minimum absolute atomic E-state index is 0.0451. The van der Waals surface area contributed by atoms with Gasteiger partial charge in [0.25, 0.3) is 0 Å². The fourth-order valence-electron chi connectivity index (χ4n) is 10.6. The first kappa shape index (κ1) is 55.9. The number of carbonyl (C=O) groups is 3. The highest BCUT2D eigenvalue weighted by Gasteiger charge is 2.44. The number of aryl methyl sites for hydroxylation is 4. The first-order valence-electron chi connectivity index (χ1n) is 27.0. The molecule has 1 saturated heterocycles. The van der Waals surface area contributed by atoms with E-state index in [1.54, 1.807) is 23.6 Å². The van der Waals surface area contributed by atoms with Crippen molar-refractivity contribution in [1.82, 2.24) is 40.4 Å². The predicted molar refractivity (Wildman–Crippen MR) is 297 cm³/mol. The van der Waals surface area contributed by atoms with Crippen LogP contribution >= 0.6 is 11.3 Å². The van der Waals surface area contributed by atoms with E-state index in [0.717, 1.165) is 94.8 Å². The van der Waals surface area contributed by atoms with Crippen molar-refractivity contribution in [1.29, 1.82) is 0 Å². The highest BCUT2D eigenvalue weighted by Crippen LogP contribution is 2.38. The molecular formula is C60H79FN8O4S. The summed E-state index contributed by atoms with van der Waals surface area (Å²) >= 11 is 1.59. The molecule has 1 fully saturated rings. The maximum Gasteiger partial charge on any atom is 0.246 e. The van der Waals surface area contributed by atoms with Crippen molar-refractivity contribution in [3.05, 3.63) is 112 Å². The van der Waals surface area contributed by atoms with Gasteiger partial charge in [-0.3, -0.25) is 19.4 Å². The SMILES string of the molecule is Cc1cc(CNCCCCCCCCCCCCCCC(=O)N[C@H](C(=O)N2C[C@H](O)C[C@H]2C(=O)N[C@@H](C)c2ccc(-c3scnc3C)cc2)C(C)(C)C)cc(C)c1-c1ncn(C)c1-c1ccnc2cc(F)ccc12. The lowest BCUT2D eigenvalue weighted by Gasteiger charge is -2.35. The molecule has 12 nitrogen and oxygen atoms in total. The van der Waals surface area contributed by atoms with Gasteiger partial charge in [0.2, 0.25) is 17.7 Å². The molecule has 0 spiro atoms. The van der Waals surface area contributed by atoms with Crippen molar-refractivity contribution in [2.75, 3.05) is 13.1 Å². The minimum Gasteiger partial charge on any atom is -0.391 e. The number of amides is 3. The molecule has 3 amide bonds. The van der Waals surface area contributed by atoms with E-state index in [9.17, 15) is 23.9 Å². The third kappa shape index (κ3) is 14.5. The molecule has 1 aliphatic rings. The number of hydrogen-bond acceptors (Lipinski definition) is 9. The number of thiazole rings is 1. The van der Waals surface area contributed by atoms with Gasteiger partial charge in [-0.25, -0.2) is 14.4 Å². The molecule has 14 heteroatoms. The molecule has 1 aliphatic heterocycles. The topological polar surface area (TPSA) is 154 Å². The molecule has 0 unspecified atom stereocenters. The third-order valence-corrected chi connectivity index (χ3v) is 15.6. The van der Waals surface area contributed by atoms with Crippen molar-refractivity contribution in [2.45, 2.75) is 169 Å². The van der Waals surface area contributed by atoms with Crippen LogP contribution in [0.2, 0.25) is 0 Å². The number of unbranched alkanes of at least 4 members (excludes halogenated alkanes) is 11. The summed E-state index contributed by atoms with van der Waals surface area (Å²) in [5.74, 6) is -1.12. The van der Waals surface area contributed by atoms with E-state index in [1.165, 1.54) is 78.7 Å². The lowest BCUT2D eigenvalue weighted by molar-refractivity contribution is -0.144. The number of hydrogen-bond donors (Lipinski definition) is 4. The Kier molecular flexibility index (Phi) is 19.7. The highest BCUT2D eigenvalue weighted by molar-refractivity contribution is 7.13. The number of aliphatic hydroxyl groups excluding tert-OH is 1. The first-order valence-corrected chi connectivity index (χ1v) is 27.8. The van der Waals surface area contributed by atoms with Gasteiger partial charge in [0.1, 0.15) is 17.9 Å². The highest BCUT2D eigenvalue weighted by atomic mass is 32.1. The van der Waals surface area contributed by atoms with Crippen molar-refractivity contribution >= 4 is 40.0 Å². The molecule has 3 aromatic carbocycles. The number of likely N-dealkylation sites (tertiary alicyclic amines) is 1. The summed E-state index contributed by atoms with van der Waals surface area (Å²) < 4.78 is 16.0. The number of halogens is 1. The smallest absolute Gasteiger partial charge is 0.246 e. The number of carbonyl (C=O) groups excluding carboxylic acids is 3. The van der Waals surface area contributed by atoms with Crippen LogP contribution < -0.4 is 16.0 Å². The molecule has 0 aliphatic carbocycles. The van der Waals surface area contributed by atoms with Gasteiger partial charge in [0.05, 0.1) is 51.5 Å². The van der Waals surface area contributed by atoms with Crippen LogP contribution in [-0.2, 0) is 28.0 Å². The molecule has 0 bridgehead atoms. The lowest BCUT2D eigenvalue weighted by atomic mass is 9.85. The van der Waals surface area contributed by atoms with Crippen LogP contribution in [0.15, 0.2) is 78.7 Å². The zero-order chi connectivity index (χ0) is 52.9. The number of aromatic nitrogens is 4. The van der Waals surface area contributed by atoms with Crippen LogP contribution in [0.4, 0.5) is 4.39 Å². The van der Waals surface area contributed by atoms with Crippen molar-refractivity contribution in [2.24, 2.45) is 12.5 Å². The first-order chi connectivity index (χ1) is 35.5. The Bertz CT molecular complexity index is 2810. The van der Waals surface area contributed by atoms with Gasteiger partial charge >= 0.3 is 0 Å². The van der Waals surface area contributed by atoms with Crippen LogP contribution in [0, 0.1) is 32.0 Å². The standard InChI is InChI=1S/C60H79FN8O4S/c1-39-31-43(32-40(2)53(39)54-55(68(8)37-64-54)49-28-30-63-50-33-46(61)26-27-48(49)50)35-62-29-20-18-16-14-12-10-9-11-13-15-17-19-21-52(71)67-57(60(5,6)7)59(73)69-36-47(70)34-51(69)58(72)66-41(3)44-22-24-45(25-23-44)56-42(4)65-38-74-56/h22-28,30-33,37-38,41,47,51,57,62,70H,9-21,29,34-36H2,1-8H3,(H,66,72)(H,67,71)/t41-,47+,51-,57+/m0/s1. The summed E-state index contributed by atoms with van der Waals surface area (Å²) in [7, 11) is 2.00. The molecule has 396 valence electrons. The predicted octanol–water partition coefficient (Wildman–Crippen LogP) is 12.0. The van der Waals surface area contributed by atoms with E-state index in [-0.39, 0.29) is 42.5 Å². The van der Waals surface area contributed by atoms with E-state index in [1.807, 2.05) is 88.4 Å². The van der Waals surface area contributed by atoms with E-state index in [0.29, 0.717) is 11.9 Å². The Morgan fingerprint density at radius 3 is 2.11 bits per heavy atom. The van der Waals surface area contributed by atoms with Gasteiger partial charge in [-0.2, -0.15) is 0 Å². The maximum absolute atomic E-state index is 14.1. The summed E-state index contributed by atoms with van der Waals surface area (Å²) in [6.07, 6.45) is 17.1. The normalized spacial score (nSPS) is 15.7. The Morgan fingerprint density at radius 1 is 0.824 bits per heavy atom. The number of aliphatic hydroxyl groups is 1. The minimum atomic E-state index is -0.834. The third-order valence-electron chi connectivity index (χ3n) is 14.6. The number of benzene rings is 3. The van der Waals surface area contributed by atoms with Gasteiger partial charge in [-0.15, -0.1) is 11.3 Å². The number of imidazole rings is 1. The van der Waals surface area contributed by atoms with Crippen LogP contribution in [0.3, 0.4) is 0 Å². The Labute approximate surface area is 442 Å². The van der Waals surface area contributed by atoms with Crippen molar-refractivity contribution in [3.63, 3.8) is 0 Å². The molecule has 74 heavy (non-hydrogen) atoms. The Balaban J connectivity index is 0.733. The van der Waals surface area contributed by atoms with E-state index < -0.39 is 23.6 Å². The van der Waals surface area contributed by atoms with Crippen LogP contribution in [-0.4, -0.2) is 78.5 Å². The molecule has 4 N–H and O–H groups in total. The average Bonchev–Trinajstić information content (AvgIpc) is 4.09. The summed E-state index contributed by atoms with van der Waals surface area (Å²) in [6.45, 7) is 15.8. The monoisotopic (exact) mass is 1030 g/mol. The number of rotatable bonds is 25. The van der Waals surface area contributed by atoms with Crippen molar-refractivity contribution < 1.29 is 23.9 Å². The second kappa shape index (κ2) is 26.1. The fraction of sp³-hybridized carbons (Fsp3) is 0.500. The number of β-amino-alcohol motifs (C(OH)–C–C–N with tert-alkyl or cyclic N) is 1. The van der Waals surface area contributed by atoms with Gasteiger partial charge < -0.3 is 30.5 Å². The number of pyridine rings is 1. The molecule has 0 radical (unpaired) electrons. The van der Waals surface area contributed by atoms with E-state index in [2.05, 4.69) is 51.9 Å². The Morgan fingerprint density at radius 2 is 1.47 bits per heavy atom. The molecule has 0 saturated carbocycles. The number of nitrogens with one attached hydrogen (secondary N) is 3. The maximum atomic E-state index is 14.1. The summed E-state index contributed by atoms with van der Waals surface area (Å²) in [4.78, 5) is 57.2. The molecule has 7 rings (SSSR count). The summed E-state index contributed by atoms with van der Waals surface area (Å²) in [5, 5.41) is 21.3. The van der Waals surface area contributed by atoms with Crippen LogP contribution in [0.25, 0.3) is 43.9 Å². The van der Waals surface area contributed by atoms with E-state index in [4.69, 9.17) is 4.98 Å². The summed E-state index contributed by atoms with van der Waals surface area (Å²) in [5.41, 5.74) is 12.5. The summed E-state index contributed by atoms with van der Waals surface area (Å²) in [6, 6.07) is 17.3. The zero-order valence-corrected chi connectivity index (χ0v) is 45.8. The van der Waals surface area contributed by atoms with Crippen LogP contribution in [0.5, 0.6) is 0 Å². The van der Waals surface area contributed by atoms with Gasteiger partial charge in [-0.05, 0) is 98.5 Å². The van der Waals surface area contributed by atoms with E-state index >= 15 is 0 Å². The molecule has 4 atom stereocenters. The second-order valence-corrected chi connectivity index (χ2v) is 22.6. The largest absolute Gasteiger partial charge is 0.391 e. The quantitative estimate of drug-likeness (QED) is 0.0413. The zero-order valence-electron chi connectivity index (χ0n) is 45.0. The number of fused-ring (bicyclic) bond motifs is 1. The van der Waals surface area contributed by atoms with Gasteiger partial charge in [-0.1, -0.05) is 121 Å². The molecule has 6 aromatic rings. The van der Waals surface area contributed by atoms with Gasteiger partial charge in [0.15, 0.2) is 0 Å². The Hall–Kier alpha value is -5.83. The second-order valence-electron chi connectivity index (χ2n) is 21.7. The van der Waals surface area contributed by atoms with Crippen LogP contribution in [0.1, 0.15) is 152 Å². The molecule has 4 heterocycles. The van der Waals surface area contributed by atoms with Crippen molar-refractivity contribution in [3.8, 4) is 33.0 Å². The average molecular weight is 1030 g/mol. The molecular weight excluding hydrogens is 948 g/mol. The molecule has 3 aromatic heterocycles. The lowest BCUT2D eigenvalue weighted by Crippen LogP contribution is -2.57. The van der Waals surface area contributed by atoms with Gasteiger partial charge in [0, 0.05) is 61.8 Å².